The van der Waals surface area contributed by atoms with Crippen LogP contribution in [0, 0.1) is 29.3 Å². The summed E-state index contributed by atoms with van der Waals surface area (Å²) in [6.07, 6.45) is -15.1. The molecule has 0 spiro atoms. The van der Waals surface area contributed by atoms with Gasteiger partial charge in [0.1, 0.15) is 90.6 Å². The summed E-state index contributed by atoms with van der Waals surface area (Å²) in [6, 6.07) is 6.68. The SMILES string of the molecule is CC(=O)NC1C(O[C@@H](CC2CCCCC2)C(=O)N2CCC2)[C@@H](O)C(CO)O[C@H]1O[C@@H]1CC(CO[C@H]2OC(CO)[C@@H](O)C(n3cc(-c4cc(F)c(F)c(F)c4)nn3)C2O)CC(n2cc(-c3ccccc3)nn2)C1O[C@@H]1OC(C)[C@@H](O)C(O)C1O. The minimum Gasteiger partial charge on any atom is -0.394 e. The van der Waals surface area contributed by atoms with Gasteiger partial charge in [0.25, 0.3) is 5.91 Å². The van der Waals surface area contributed by atoms with Crippen LogP contribution >= 0.6 is 0 Å². The maximum atomic E-state index is 14.3. The van der Waals surface area contributed by atoms with E-state index in [1.54, 1.807) is 11.1 Å². The molecule has 6 fully saturated rings. The van der Waals surface area contributed by atoms with E-state index in [0.717, 1.165) is 49.4 Å². The highest BCUT2D eigenvalue weighted by Crippen LogP contribution is 2.42. The highest BCUT2D eigenvalue weighted by molar-refractivity contribution is 5.81. The fourth-order valence-corrected chi connectivity index (χ4v) is 12.2. The minimum atomic E-state index is -1.82. The second-order valence-electron chi connectivity index (χ2n) is 22.6. The molecule has 25 nitrogen and oxygen atoms in total. The standard InChI is InChI=1S/C55H73F3N8O17/c1-26-44(70)48(74)49(75)55(78-26)83-50-36(65-21-34(60-62-65)30-12-7-4-8-13-30)16-29(25-77-54-47(73)43(45(71)39(23-67)82-54)66-22-35(61-63-66)31-19-32(56)41(58)33(57)20-31)18-37(50)80-53-42(59-27(2)69)51(46(72)40(24-68)81-53)79-38(52(76)64-14-9-15-64)17-28-10-5-3-6-11-28/h4,7-8,12-13,19-22,26,28-29,36-40,42-51,53-55,67-68,70-75H,3,5-6,9-11,14-18,23-25H2,1-2H3,(H,59,69)/t26?,29?,36?,37-,38+,39?,40?,42?,43?,44-,45-,46+,47?,48?,49?,50?,51?,53-,54+,55+/m1/s1. The van der Waals surface area contributed by atoms with Gasteiger partial charge in [-0.3, -0.25) is 9.59 Å². The van der Waals surface area contributed by atoms with E-state index in [1.807, 2.05) is 30.3 Å². The third-order valence-electron chi connectivity index (χ3n) is 16.9. The number of nitrogens with zero attached hydrogens (tertiary/aromatic N) is 7. The van der Waals surface area contributed by atoms with Crippen molar-refractivity contribution in [3.63, 3.8) is 0 Å². The Kier molecular flexibility index (Phi) is 19.6. The molecule has 6 aliphatic rings. The number of benzene rings is 2. The van der Waals surface area contributed by atoms with Crippen LogP contribution in [0.25, 0.3) is 22.5 Å². The number of hydrogen-bond acceptors (Lipinski definition) is 21. The zero-order valence-corrected chi connectivity index (χ0v) is 45.7. The van der Waals surface area contributed by atoms with E-state index in [9.17, 15) is 63.6 Å². The molecule has 4 saturated heterocycles. The molecule has 10 rings (SSSR count). The molecule has 83 heavy (non-hydrogen) atoms. The number of aliphatic hydroxyl groups is 8. The molecular formula is C55H73F3N8O17. The van der Waals surface area contributed by atoms with Crippen LogP contribution in [0.4, 0.5) is 13.2 Å². The fraction of sp³-hybridized carbons (Fsp3) is 0.673. The van der Waals surface area contributed by atoms with Crippen LogP contribution in [-0.4, -0.2) is 225 Å². The van der Waals surface area contributed by atoms with Crippen LogP contribution in [0.2, 0.25) is 0 Å². The second kappa shape index (κ2) is 26.6. The first-order valence-electron chi connectivity index (χ1n) is 28.4. The Bertz CT molecular complexity index is 2780. The maximum Gasteiger partial charge on any atom is 0.251 e. The summed E-state index contributed by atoms with van der Waals surface area (Å²) in [6.45, 7) is 1.91. The minimum absolute atomic E-state index is 0.0667. The Morgan fingerprint density at radius 1 is 0.711 bits per heavy atom. The van der Waals surface area contributed by atoms with Crippen LogP contribution < -0.4 is 5.32 Å². The molecule has 4 aliphatic heterocycles. The Hall–Kier alpha value is -5.15. The summed E-state index contributed by atoms with van der Waals surface area (Å²) in [5.74, 6) is -6.10. The molecule has 28 heteroatoms. The van der Waals surface area contributed by atoms with Gasteiger partial charge in [0.15, 0.2) is 36.3 Å². The van der Waals surface area contributed by atoms with Gasteiger partial charge in [0, 0.05) is 31.1 Å². The number of carbonyl (C=O) groups is 2. The van der Waals surface area contributed by atoms with Gasteiger partial charge in [-0.15, -0.1) is 10.2 Å². The number of aromatic nitrogens is 6. The lowest BCUT2D eigenvalue weighted by molar-refractivity contribution is -0.339. The van der Waals surface area contributed by atoms with Crippen LogP contribution in [0.3, 0.4) is 0 Å². The van der Waals surface area contributed by atoms with Crippen molar-refractivity contribution in [1.82, 2.24) is 40.2 Å². The Morgan fingerprint density at radius 2 is 1.36 bits per heavy atom. The molecule has 0 radical (unpaired) electrons. The Balaban J connectivity index is 0.992. The van der Waals surface area contributed by atoms with Gasteiger partial charge >= 0.3 is 0 Å². The van der Waals surface area contributed by atoms with Crippen molar-refractivity contribution in [3.8, 4) is 22.5 Å². The van der Waals surface area contributed by atoms with E-state index in [0.29, 0.717) is 42.9 Å². The molecule has 2 aromatic heterocycles. The molecule has 12 unspecified atom stereocenters. The lowest BCUT2D eigenvalue weighted by Crippen LogP contribution is -2.67. The van der Waals surface area contributed by atoms with Crippen molar-refractivity contribution in [2.45, 2.75) is 188 Å². The van der Waals surface area contributed by atoms with Crippen molar-refractivity contribution in [1.29, 1.82) is 0 Å². The first-order valence-corrected chi connectivity index (χ1v) is 28.4. The summed E-state index contributed by atoms with van der Waals surface area (Å²) >= 11 is 0. The molecule has 0 bridgehead atoms. The normalized spacial score (nSPS) is 35.6. The van der Waals surface area contributed by atoms with Gasteiger partial charge in [-0.25, -0.2) is 22.5 Å². The average Bonchev–Trinajstić information content (AvgIpc) is 4.36. The van der Waals surface area contributed by atoms with Gasteiger partial charge in [-0.2, -0.15) is 0 Å². The van der Waals surface area contributed by atoms with Crippen LogP contribution in [0.15, 0.2) is 54.9 Å². The fourth-order valence-electron chi connectivity index (χ4n) is 12.2. The van der Waals surface area contributed by atoms with Gasteiger partial charge in [0.2, 0.25) is 5.91 Å². The molecule has 6 heterocycles. The quantitative estimate of drug-likeness (QED) is 0.0574. The molecule has 2 saturated carbocycles. The van der Waals surface area contributed by atoms with E-state index in [-0.39, 0.29) is 42.5 Å². The molecule has 20 atom stereocenters. The number of rotatable bonds is 19. The number of ether oxygens (including phenoxy) is 7. The van der Waals surface area contributed by atoms with Gasteiger partial charge in [0.05, 0.1) is 50.5 Å². The van der Waals surface area contributed by atoms with Crippen molar-refractivity contribution in [3.05, 3.63) is 72.3 Å². The Morgan fingerprint density at radius 3 is 2.02 bits per heavy atom. The summed E-state index contributed by atoms with van der Waals surface area (Å²) in [4.78, 5) is 29.2. The largest absolute Gasteiger partial charge is 0.394 e. The topological polar surface area (TPSA) is 337 Å². The third-order valence-corrected chi connectivity index (χ3v) is 16.9. The lowest BCUT2D eigenvalue weighted by atomic mass is 9.81. The van der Waals surface area contributed by atoms with E-state index in [2.05, 4.69) is 25.9 Å². The number of halogens is 3. The highest BCUT2D eigenvalue weighted by atomic mass is 19.2. The zero-order valence-electron chi connectivity index (χ0n) is 45.7. The summed E-state index contributed by atoms with van der Waals surface area (Å²) < 4.78 is 90.1. The van der Waals surface area contributed by atoms with E-state index >= 15 is 0 Å². The van der Waals surface area contributed by atoms with Crippen molar-refractivity contribution >= 4 is 11.8 Å². The van der Waals surface area contributed by atoms with E-state index in [4.69, 9.17) is 33.2 Å². The monoisotopic (exact) mass is 1170 g/mol. The average molecular weight is 1180 g/mol. The molecule has 4 aromatic rings. The highest BCUT2D eigenvalue weighted by Gasteiger charge is 2.54. The third kappa shape index (κ3) is 13.3. The lowest BCUT2D eigenvalue weighted by Gasteiger charge is -2.49. The van der Waals surface area contributed by atoms with Crippen LogP contribution in [-0.2, 0) is 42.7 Å². The molecule has 2 aliphatic carbocycles. The van der Waals surface area contributed by atoms with Crippen LogP contribution in [0.1, 0.15) is 83.7 Å². The van der Waals surface area contributed by atoms with Crippen LogP contribution in [0.5, 0.6) is 0 Å². The predicted molar refractivity (Wildman–Crippen MR) is 278 cm³/mol. The van der Waals surface area contributed by atoms with E-state index in [1.165, 1.54) is 18.5 Å². The maximum absolute atomic E-state index is 14.3. The molecule has 456 valence electrons. The predicted octanol–water partition coefficient (Wildman–Crippen LogP) is 0.406. The zero-order chi connectivity index (χ0) is 58.8. The summed E-state index contributed by atoms with van der Waals surface area (Å²) in [7, 11) is 0. The molecule has 2 aromatic carbocycles. The van der Waals surface area contributed by atoms with Gasteiger partial charge < -0.3 is 84.2 Å². The number of nitrogens with one attached hydrogen (secondary N) is 1. The summed E-state index contributed by atoms with van der Waals surface area (Å²) in [5, 5.41) is 110. The molecule has 2 amide bonds. The number of likely N-dealkylation sites (tertiary alicyclic amines) is 1. The van der Waals surface area contributed by atoms with Crippen molar-refractivity contribution in [2.24, 2.45) is 11.8 Å². The van der Waals surface area contributed by atoms with Gasteiger partial charge in [-0.05, 0) is 56.6 Å². The number of hydrogen-bond donors (Lipinski definition) is 9. The first kappa shape index (κ1) is 61.0. The Labute approximate surface area is 475 Å². The molecular weight excluding hydrogens is 1100 g/mol. The molecule has 9 N–H and O–H groups in total. The van der Waals surface area contributed by atoms with Crippen molar-refractivity contribution < 1.29 is 96.8 Å². The van der Waals surface area contributed by atoms with Crippen molar-refractivity contribution in [2.75, 3.05) is 32.9 Å². The van der Waals surface area contributed by atoms with Gasteiger partial charge in [-0.1, -0.05) is 72.9 Å². The summed E-state index contributed by atoms with van der Waals surface area (Å²) in [5.41, 5.74) is 0.760. The smallest absolute Gasteiger partial charge is 0.251 e. The number of amides is 2. The first-order chi connectivity index (χ1) is 39.9. The second-order valence-corrected chi connectivity index (χ2v) is 22.6. The number of carbonyl (C=O) groups excluding carboxylic acids is 2. The van der Waals surface area contributed by atoms with E-state index < -0.39 is 159 Å². The number of aliphatic hydroxyl groups excluding tert-OH is 8.